The van der Waals surface area contributed by atoms with Gasteiger partial charge in [0.1, 0.15) is 0 Å². The van der Waals surface area contributed by atoms with Crippen LogP contribution in [0.15, 0.2) is 0 Å². The van der Waals surface area contributed by atoms with Crippen LogP contribution in [0, 0.1) is 0 Å². The van der Waals surface area contributed by atoms with E-state index in [0.29, 0.717) is 6.42 Å². The zero-order valence-corrected chi connectivity index (χ0v) is 4.86. The number of hydrogen-bond donors (Lipinski definition) is 0. The molecule has 2 aliphatic heterocycles. The molecule has 2 fully saturated rings. The largest absolute Gasteiger partial charge is 0.420 e. The predicted molar refractivity (Wildman–Crippen MR) is 26.7 cm³/mol. The van der Waals surface area contributed by atoms with Gasteiger partial charge in [-0.1, -0.05) is 0 Å². The minimum Gasteiger partial charge on any atom is -0.420 e. The van der Waals surface area contributed by atoms with Crippen LogP contribution in [0.3, 0.4) is 0 Å². The molecule has 0 aromatic carbocycles. The number of esters is 1. The van der Waals surface area contributed by atoms with Crippen LogP contribution in [0.2, 0.25) is 0 Å². The maximum Gasteiger partial charge on any atom is 0.309 e. The Kier molecular flexibility index (Phi) is 0.692. The third kappa shape index (κ3) is 0.530. The van der Waals surface area contributed by atoms with E-state index >= 15 is 0 Å². The van der Waals surface area contributed by atoms with Crippen molar-refractivity contribution >= 4 is 18.0 Å². The molecule has 4 heteroatoms. The first kappa shape index (κ1) is 4.64. The smallest absolute Gasteiger partial charge is 0.309 e. The lowest BCUT2D eigenvalue weighted by Crippen LogP contribution is -2.04. The van der Waals surface area contributed by atoms with E-state index in [1.54, 1.807) is 0 Å². The molecule has 0 N–H and O–H groups in total. The maximum absolute atomic E-state index is 10.4. The van der Waals surface area contributed by atoms with Crippen molar-refractivity contribution in [3.05, 3.63) is 0 Å². The first-order valence-corrected chi connectivity index (χ1v) is 3.14. The summed E-state index contributed by atoms with van der Waals surface area (Å²) in [6.45, 7) is 0. The van der Waals surface area contributed by atoms with Crippen molar-refractivity contribution in [3.8, 4) is 0 Å². The first-order valence-electron chi connectivity index (χ1n) is 2.39. The van der Waals surface area contributed by atoms with Crippen LogP contribution in [0.4, 0.5) is 0 Å². The average Bonchev–Trinajstić information content (AvgIpc) is 2.34. The molecule has 2 heterocycles. The fourth-order valence-corrected chi connectivity index (χ4v) is 1.22. The summed E-state index contributed by atoms with van der Waals surface area (Å²) in [4.78, 5) is 10.4. The molecular weight excluding hydrogens is 128 g/mol. The molecule has 0 amide bonds. The molecule has 8 heavy (non-hydrogen) atoms. The van der Waals surface area contributed by atoms with Crippen LogP contribution >= 0.6 is 12.0 Å². The quantitative estimate of drug-likeness (QED) is 0.275. The summed E-state index contributed by atoms with van der Waals surface area (Å²) in [5, 5.41) is -0.517. The second-order valence-electron chi connectivity index (χ2n) is 1.82. The van der Waals surface area contributed by atoms with E-state index in [-0.39, 0.29) is 5.97 Å². The predicted octanol–water partition coefficient (Wildman–Crippen LogP) is 0.656. The molecule has 44 valence electrons. The highest BCUT2D eigenvalue weighted by atomic mass is 32.2. The Morgan fingerprint density at radius 1 is 1.75 bits per heavy atom. The molecule has 0 saturated carbocycles. The van der Waals surface area contributed by atoms with Crippen molar-refractivity contribution in [2.45, 2.75) is 18.0 Å². The molecule has 2 saturated heterocycles. The minimum atomic E-state index is -0.517. The molecule has 1 atom stereocenters. The van der Waals surface area contributed by atoms with Gasteiger partial charge in [0.25, 0.3) is 5.12 Å². The zero-order chi connectivity index (χ0) is 5.61. The maximum atomic E-state index is 10.4. The van der Waals surface area contributed by atoms with E-state index in [1.165, 1.54) is 12.0 Å². The summed E-state index contributed by atoms with van der Waals surface area (Å²) in [6, 6.07) is 0. The summed E-state index contributed by atoms with van der Waals surface area (Å²) in [5.41, 5.74) is 0. The molecule has 0 unspecified atom stereocenters. The fraction of sp³-hybridized carbons (Fsp3) is 0.750. The van der Waals surface area contributed by atoms with Crippen LogP contribution in [-0.4, -0.2) is 11.1 Å². The molecule has 2 rings (SSSR count). The van der Waals surface area contributed by atoms with Gasteiger partial charge < -0.3 is 4.74 Å². The van der Waals surface area contributed by atoms with Gasteiger partial charge in [0.15, 0.2) is 0 Å². The van der Waals surface area contributed by atoms with Crippen LogP contribution in [0.1, 0.15) is 12.8 Å². The summed E-state index contributed by atoms with van der Waals surface area (Å²) >= 11 is 1.24. The van der Waals surface area contributed by atoms with Gasteiger partial charge in [-0.05, 0) is 0 Å². The minimum absolute atomic E-state index is 0.144. The van der Waals surface area contributed by atoms with Crippen LogP contribution in [0.25, 0.3) is 0 Å². The Labute approximate surface area is 50.5 Å². The lowest BCUT2D eigenvalue weighted by Gasteiger charge is -1.93. The Morgan fingerprint density at radius 3 is 2.75 bits per heavy atom. The fourth-order valence-electron chi connectivity index (χ4n) is 0.694. The number of rotatable bonds is 0. The third-order valence-electron chi connectivity index (χ3n) is 1.17. The molecule has 1 spiro atoms. The van der Waals surface area contributed by atoms with Gasteiger partial charge in [-0.15, -0.1) is 0 Å². The lowest BCUT2D eigenvalue weighted by molar-refractivity contribution is -0.147. The standard InChI is InChI=1S/C4H4O3S/c5-3-1-2-4(6-3)7-8-4/h1-2H2/t4-/m0/s1. The van der Waals surface area contributed by atoms with E-state index in [1.807, 2.05) is 0 Å². The number of hydrogen-bond acceptors (Lipinski definition) is 4. The molecule has 0 aromatic rings. The molecule has 0 radical (unpaired) electrons. The lowest BCUT2D eigenvalue weighted by atomic mass is 10.3. The number of carbonyl (C=O) groups excluding carboxylic acids is 1. The zero-order valence-electron chi connectivity index (χ0n) is 4.05. The van der Waals surface area contributed by atoms with Crippen molar-refractivity contribution in [1.82, 2.24) is 0 Å². The molecule has 3 nitrogen and oxygen atoms in total. The molecule has 0 aliphatic carbocycles. The van der Waals surface area contributed by atoms with Crippen molar-refractivity contribution in [2.24, 2.45) is 0 Å². The van der Waals surface area contributed by atoms with Gasteiger partial charge in [-0.2, -0.15) is 0 Å². The summed E-state index contributed by atoms with van der Waals surface area (Å²) in [5.74, 6) is -0.144. The van der Waals surface area contributed by atoms with Gasteiger partial charge in [-0.3, -0.25) is 8.98 Å². The Bertz CT molecular complexity index is 140. The van der Waals surface area contributed by atoms with Gasteiger partial charge >= 0.3 is 5.97 Å². The Balaban J connectivity index is 2.13. The highest BCUT2D eigenvalue weighted by Gasteiger charge is 2.56. The average molecular weight is 132 g/mol. The summed E-state index contributed by atoms with van der Waals surface area (Å²) in [6.07, 6.45) is 1.23. The Hall–Kier alpha value is -0.220. The second-order valence-corrected chi connectivity index (χ2v) is 2.78. The van der Waals surface area contributed by atoms with Crippen molar-refractivity contribution in [1.29, 1.82) is 0 Å². The van der Waals surface area contributed by atoms with Gasteiger partial charge in [0.05, 0.1) is 18.5 Å². The Morgan fingerprint density at radius 2 is 2.50 bits per heavy atom. The molecule has 0 bridgehead atoms. The van der Waals surface area contributed by atoms with E-state index in [9.17, 15) is 4.79 Å². The second kappa shape index (κ2) is 1.19. The van der Waals surface area contributed by atoms with Crippen LogP contribution in [0.5, 0.6) is 0 Å². The van der Waals surface area contributed by atoms with Crippen LogP contribution < -0.4 is 0 Å². The van der Waals surface area contributed by atoms with Gasteiger partial charge in [-0.25, -0.2) is 0 Å². The van der Waals surface area contributed by atoms with E-state index in [4.69, 9.17) is 8.92 Å². The first-order chi connectivity index (χ1) is 3.81. The van der Waals surface area contributed by atoms with Crippen molar-refractivity contribution in [2.75, 3.05) is 0 Å². The number of carbonyl (C=O) groups is 1. The van der Waals surface area contributed by atoms with E-state index in [2.05, 4.69) is 0 Å². The van der Waals surface area contributed by atoms with Gasteiger partial charge in [0, 0.05) is 6.42 Å². The van der Waals surface area contributed by atoms with Gasteiger partial charge in [0.2, 0.25) is 0 Å². The highest BCUT2D eigenvalue weighted by molar-refractivity contribution is 8.01. The van der Waals surface area contributed by atoms with Crippen molar-refractivity contribution < 1.29 is 13.7 Å². The summed E-state index contributed by atoms with van der Waals surface area (Å²) in [7, 11) is 0. The molecule has 0 aromatic heterocycles. The third-order valence-corrected chi connectivity index (χ3v) is 2.00. The van der Waals surface area contributed by atoms with Crippen molar-refractivity contribution in [3.63, 3.8) is 0 Å². The normalized spacial score (nSPS) is 42.8. The topological polar surface area (TPSA) is 38.8 Å². The van der Waals surface area contributed by atoms with Crippen LogP contribution in [-0.2, 0) is 13.7 Å². The van der Waals surface area contributed by atoms with E-state index in [0.717, 1.165) is 6.42 Å². The molecular formula is C4H4O3S. The highest BCUT2D eigenvalue weighted by Crippen LogP contribution is 2.54. The number of ether oxygens (including phenoxy) is 1. The summed E-state index contributed by atoms with van der Waals surface area (Å²) < 4.78 is 9.56. The SMILES string of the molecule is O=C1CC[C@@]2(OS2)O1. The monoisotopic (exact) mass is 132 g/mol. The molecule has 2 aliphatic rings. The van der Waals surface area contributed by atoms with E-state index < -0.39 is 5.12 Å².